The number of carbonyl (C=O) groups excluding carboxylic acids is 2. The van der Waals surface area contributed by atoms with Crippen molar-refractivity contribution >= 4 is 24.2 Å². The molecule has 1 aromatic rings. The topological polar surface area (TPSA) is 93.4 Å². The van der Waals surface area contributed by atoms with Crippen molar-refractivity contribution in [1.29, 1.82) is 0 Å². The summed E-state index contributed by atoms with van der Waals surface area (Å²) in [4.78, 5) is 22.7. The minimum Gasteiger partial charge on any atom is -0.493 e. The first-order valence-corrected chi connectivity index (χ1v) is 7.05. The van der Waals surface area contributed by atoms with Crippen molar-refractivity contribution in [3.05, 3.63) is 29.8 Å². The number of ether oxygens (including phenoxy) is 1. The summed E-state index contributed by atoms with van der Waals surface area (Å²) in [6.07, 6.45) is 0.264. The van der Waals surface area contributed by atoms with Gasteiger partial charge in [-0.15, -0.1) is 12.4 Å². The Balaban J connectivity index is 0.00000441. The van der Waals surface area contributed by atoms with Crippen molar-refractivity contribution in [2.45, 2.75) is 26.3 Å². The van der Waals surface area contributed by atoms with Gasteiger partial charge < -0.3 is 21.1 Å². The number of hydrogen-bond acceptors (Lipinski definition) is 4. The second-order valence-electron chi connectivity index (χ2n) is 4.75. The molecule has 0 heterocycles. The molecule has 0 unspecified atom stereocenters. The molecule has 1 rings (SSSR count). The summed E-state index contributed by atoms with van der Waals surface area (Å²) in [5.74, 6) is -0.0402. The molecule has 22 heavy (non-hydrogen) atoms. The summed E-state index contributed by atoms with van der Waals surface area (Å²) in [7, 11) is 0. The molecular formula is C15H24ClN3O3. The predicted octanol–water partition coefficient (Wildman–Crippen LogP) is 1.09. The van der Waals surface area contributed by atoms with E-state index in [0.29, 0.717) is 17.9 Å². The third kappa shape index (κ3) is 7.85. The molecule has 0 fully saturated rings. The van der Waals surface area contributed by atoms with Crippen LogP contribution in [0.15, 0.2) is 24.3 Å². The molecule has 4 N–H and O–H groups in total. The number of rotatable bonds is 9. The van der Waals surface area contributed by atoms with Gasteiger partial charge in [0.25, 0.3) is 0 Å². The van der Waals surface area contributed by atoms with Crippen molar-refractivity contribution in [1.82, 2.24) is 10.6 Å². The van der Waals surface area contributed by atoms with Gasteiger partial charge in [0.15, 0.2) is 0 Å². The molecule has 0 aliphatic heterocycles. The van der Waals surface area contributed by atoms with Crippen LogP contribution in [0.2, 0.25) is 0 Å². The number of likely N-dealkylation sites (N-methyl/N-ethyl adjacent to an activating group) is 1. The second-order valence-corrected chi connectivity index (χ2v) is 4.75. The molecule has 1 aromatic carbocycles. The van der Waals surface area contributed by atoms with Crippen LogP contribution >= 0.6 is 12.4 Å². The van der Waals surface area contributed by atoms with E-state index >= 15 is 0 Å². The van der Waals surface area contributed by atoms with Gasteiger partial charge in [-0.05, 0) is 31.7 Å². The van der Waals surface area contributed by atoms with Crippen molar-refractivity contribution in [2.75, 3.05) is 19.7 Å². The largest absolute Gasteiger partial charge is 0.493 e. The summed E-state index contributed by atoms with van der Waals surface area (Å²) >= 11 is 0. The average Bonchev–Trinajstić information content (AvgIpc) is 2.46. The maximum Gasteiger partial charge on any atom is 0.248 e. The number of nitrogens with one attached hydrogen (secondary N) is 2. The number of carbonyl (C=O) groups is 2. The first-order valence-electron chi connectivity index (χ1n) is 7.05. The van der Waals surface area contributed by atoms with E-state index in [9.17, 15) is 9.59 Å². The van der Waals surface area contributed by atoms with Crippen molar-refractivity contribution in [3.63, 3.8) is 0 Å². The molecule has 0 bridgehead atoms. The van der Waals surface area contributed by atoms with E-state index in [-0.39, 0.29) is 37.4 Å². The Morgan fingerprint density at radius 2 is 2.09 bits per heavy atom. The average molecular weight is 330 g/mol. The monoisotopic (exact) mass is 329 g/mol. The summed E-state index contributed by atoms with van der Waals surface area (Å²) in [6.45, 7) is 5.74. The standard InChI is InChI=1S/C15H23N3O3.ClH/c1-3-17-11(2)10-18-14(19)7-8-21-13-6-4-5-12(9-13)15(16)20;/h4-6,9,11,17H,3,7-8,10H2,1-2H3,(H2,16,20)(H,18,19);1H/t11-;/m1./s1. The summed E-state index contributed by atoms with van der Waals surface area (Å²) in [5.41, 5.74) is 5.57. The third-order valence-electron chi connectivity index (χ3n) is 2.87. The van der Waals surface area contributed by atoms with Crippen LogP contribution in [0.3, 0.4) is 0 Å². The molecule has 2 amide bonds. The minimum atomic E-state index is -0.504. The van der Waals surface area contributed by atoms with Gasteiger partial charge in [0, 0.05) is 18.2 Å². The molecule has 0 spiro atoms. The Morgan fingerprint density at radius 3 is 2.73 bits per heavy atom. The minimum absolute atomic E-state index is 0. The van der Waals surface area contributed by atoms with Crippen LogP contribution in [0.4, 0.5) is 0 Å². The van der Waals surface area contributed by atoms with E-state index in [1.807, 2.05) is 13.8 Å². The van der Waals surface area contributed by atoms with Crippen LogP contribution in [-0.4, -0.2) is 37.6 Å². The fourth-order valence-corrected chi connectivity index (χ4v) is 1.78. The Kier molecular flexibility index (Phi) is 9.98. The van der Waals surface area contributed by atoms with Gasteiger partial charge in [0.2, 0.25) is 11.8 Å². The molecule has 0 saturated carbocycles. The van der Waals surface area contributed by atoms with Crippen LogP contribution in [0.5, 0.6) is 5.75 Å². The van der Waals surface area contributed by atoms with Gasteiger partial charge in [0.05, 0.1) is 13.0 Å². The fraction of sp³-hybridized carbons (Fsp3) is 0.467. The quantitative estimate of drug-likeness (QED) is 0.632. The number of primary amides is 1. The lowest BCUT2D eigenvalue weighted by molar-refractivity contribution is -0.121. The number of benzene rings is 1. The highest BCUT2D eigenvalue weighted by Gasteiger charge is 2.06. The normalized spacial score (nSPS) is 11.2. The van der Waals surface area contributed by atoms with Gasteiger partial charge in [-0.2, -0.15) is 0 Å². The Bertz CT molecular complexity index is 483. The lowest BCUT2D eigenvalue weighted by atomic mass is 10.2. The van der Waals surface area contributed by atoms with Gasteiger partial charge in [0.1, 0.15) is 5.75 Å². The highest BCUT2D eigenvalue weighted by atomic mass is 35.5. The third-order valence-corrected chi connectivity index (χ3v) is 2.87. The Hall–Kier alpha value is -1.79. The van der Waals surface area contributed by atoms with Crippen molar-refractivity contribution < 1.29 is 14.3 Å². The van der Waals surface area contributed by atoms with Gasteiger partial charge in [-0.1, -0.05) is 13.0 Å². The molecule has 0 radical (unpaired) electrons. The van der Waals surface area contributed by atoms with Crippen LogP contribution in [-0.2, 0) is 4.79 Å². The summed E-state index contributed by atoms with van der Waals surface area (Å²) in [5, 5.41) is 6.04. The van der Waals surface area contributed by atoms with Gasteiger partial charge >= 0.3 is 0 Å². The number of nitrogens with two attached hydrogens (primary N) is 1. The molecule has 0 aliphatic carbocycles. The van der Waals surface area contributed by atoms with Crippen LogP contribution < -0.4 is 21.1 Å². The van der Waals surface area contributed by atoms with Crippen LogP contribution in [0.1, 0.15) is 30.6 Å². The van der Waals surface area contributed by atoms with E-state index in [0.717, 1.165) is 6.54 Å². The molecular weight excluding hydrogens is 306 g/mol. The summed E-state index contributed by atoms with van der Waals surface area (Å²) < 4.78 is 5.44. The van der Waals surface area contributed by atoms with E-state index in [4.69, 9.17) is 10.5 Å². The summed E-state index contributed by atoms with van der Waals surface area (Å²) in [6, 6.07) is 6.83. The van der Waals surface area contributed by atoms with E-state index in [2.05, 4.69) is 10.6 Å². The predicted molar refractivity (Wildman–Crippen MR) is 88.5 cm³/mol. The molecule has 0 aromatic heterocycles. The van der Waals surface area contributed by atoms with E-state index in [1.54, 1.807) is 24.3 Å². The zero-order valence-corrected chi connectivity index (χ0v) is 13.7. The number of amides is 2. The van der Waals surface area contributed by atoms with Gasteiger partial charge in [-0.25, -0.2) is 0 Å². The number of hydrogen-bond donors (Lipinski definition) is 3. The first-order chi connectivity index (χ1) is 10.0. The van der Waals surface area contributed by atoms with E-state index < -0.39 is 5.91 Å². The first kappa shape index (κ1) is 20.2. The Morgan fingerprint density at radius 1 is 1.36 bits per heavy atom. The Labute approximate surface area is 137 Å². The number of halogens is 1. The van der Waals surface area contributed by atoms with Gasteiger partial charge in [-0.3, -0.25) is 9.59 Å². The molecule has 6 nitrogen and oxygen atoms in total. The zero-order valence-electron chi connectivity index (χ0n) is 12.9. The SMILES string of the molecule is CCN[C@H](C)CNC(=O)CCOc1cccc(C(N)=O)c1.Cl. The lowest BCUT2D eigenvalue weighted by Crippen LogP contribution is -2.39. The van der Waals surface area contributed by atoms with Crippen LogP contribution in [0.25, 0.3) is 0 Å². The molecule has 0 saturated heterocycles. The molecule has 0 aliphatic rings. The maximum absolute atomic E-state index is 11.6. The fourth-order valence-electron chi connectivity index (χ4n) is 1.78. The van der Waals surface area contributed by atoms with E-state index in [1.165, 1.54) is 0 Å². The lowest BCUT2D eigenvalue weighted by Gasteiger charge is -2.13. The smallest absolute Gasteiger partial charge is 0.248 e. The zero-order chi connectivity index (χ0) is 15.7. The highest BCUT2D eigenvalue weighted by molar-refractivity contribution is 5.93. The molecule has 1 atom stereocenters. The molecule has 7 heteroatoms. The maximum atomic E-state index is 11.6. The molecule has 124 valence electrons. The second kappa shape index (κ2) is 10.9. The highest BCUT2D eigenvalue weighted by Crippen LogP contribution is 2.12. The van der Waals surface area contributed by atoms with Crippen molar-refractivity contribution in [3.8, 4) is 5.75 Å². The van der Waals surface area contributed by atoms with Crippen LogP contribution in [0, 0.1) is 0 Å². The van der Waals surface area contributed by atoms with Crippen molar-refractivity contribution in [2.24, 2.45) is 5.73 Å².